The van der Waals surface area contributed by atoms with Crippen LogP contribution >= 0.6 is 11.8 Å². The molecule has 0 bridgehead atoms. The molecule has 1 unspecified atom stereocenters. The van der Waals surface area contributed by atoms with Gasteiger partial charge in [0.2, 0.25) is 0 Å². The van der Waals surface area contributed by atoms with Crippen molar-refractivity contribution >= 4 is 11.8 Å². The Kier molecular flexibility index (Phi) is 3.77. The average molecular weight is 277 g/mol. The van der Waals surface area contributed by atoms with E-state index in [1.165, 1.54) is 24.0 Å². The minimum Gasteiger partial charge on any atom is -0.493 e. The fraction of sp³-hybridized carbons (Fsp3) is 0.625. The topological polar surface area (TPSA) is 21.3 Å². The maximum absolute atomic E-state index is 5.58. The van der Waals surface area contributed by atoms with E-state index in [1.807, 2.05) is 11.8 Å². The van der Waals surface area contributed by atoms with Crippen LogP contribution in [0.15, 0.2) is 18.2 Å². The summed E-state index contributed by atoms with van der Waals surface area (Å²) in [6.45, 7) is 4.25. The Bertz CT molecular complexity index is 456. The Labute approximate surface area is 120 Å². The monoisotopic (exact) mass is 277 g/mol. The highest BCUT2D eigenvalue weighted by molar-refractivity contribution is 8.00. The molecular formula is C16H23NOS. The van der Waals surface area contributed by atoms with E-state index in [0.717, 1.165) is 31.7 Å². The standard InChI is InChI=1S/C16H23NOS/c1-3-14(17-11-16(19-2)7-8-16)12-4-5-15-13(10-12)6-9-18-15/h4-5,10,14,17H,3,6-9,11H2,1-2H3. The minimum absolute atomic E-state index is 0.482. The molecule has 2 nitrogen and oxygen atoms in total. The van der Waals surface area contributed by atoms with Gasteiger partial charge in [-0.25, -0.2) is 0 Å². The molecule has 1 saturated carbocycles. The zero-order chi connectivity index (χ0) is 13.3. The maximum atomic E-state index is 5.58. The van der Waals surface area contributed by atoms with Gasteiger partial charge in [0.15, 0.2) is 0 Å². The normalized spacial score (nSPS) is 20.7. The summed E-state index contributed by atoms with van der Waals surface area (Å²) in [5.41, 5.74) is 2.80. The zero-order valence-electron chi connectivity index (χ0n) is 11.9. The van der Waals surface area contributed by atoms with Crippen molar-refractivity contribution in [1.82, 2.24) is 5.32 Å². The van der Waals surface area contributed by atoms with Gasteiger partial charge in [-0.2, -0.15) is 11.8 Å². The Morgan fingerprint density at radius 1 is 1.42 bits per heavy atom. The molecule has 1 aliphatic carbocycles. The quantitative estimate of drug-likeness (QED) is 0.859. The summed E-state index contributed by atoms with van der Waals surface area (Å²) in [7, 11) is 0. The van der Waals surface area contributed by atoms with Crippen molar-refractivity contribution in [3.63, 3.8) is 0 Å². The summed E-state index contributed by atoms with van der Waals surface area (Å²) in [6, 6.07) is 7.19. The molecule has 0 saturated heterocycles. The Balaban J connectivity index is 1.68. The summed E-state index contributed by atoms with van der Waals surface area (Å²) >= 11 is 2.02. The van der Waals surface area contributed by atoms with E-state index in [4.69, 9.17) is 4.74 Å². The predicted molar refractivity (Wildman–Crippen MR) is 82.2 cm³/mol. The van der Waals surface area contributed by atoms with Gasteiger partial charge < -0.3 is 10.1 Å². The highest BCUT2D eigenvalue weighted by Gasteiger charge is 2.41. The number of nitrogens with one attached hydrogen (secondary N) is 1. The molecule has 3 heteroatoms. The second-order valence-corrected chi connectivity index (χ2v) is 6.97. The van der Waals surface area contributed by atoms with Crippen molar-refractivity contribution in [2.24, 2.45) is 0 Å². The van der Waals surface area contributed by atoms with Crippen LogP contribution < -0.4 is 10.1 Å². The smallest absolute Gasteiger partial charge is 0.122 e. The van der Waals surface area contributed by atoms with Crippen LogP contribution in [-0.4, -0.2) is 24.2 Å². The molecule has 0 aromatic heterocycles. The molecule has 1 heterocycles. The van der Waals surface area contributed by atoms with E-state index >= 15 is 0 Å². The molecule has 3 rings (SSSR count). The minimum atomic E-state index is 0.482. The second-order valence-electron chi connectivity index (χ2n) is 5.69. The third kappa shape index (κ3) is 2.77. The van der Waals surface area contributed by atoms with E-state index in [2.05, 4.69) is 36.7 Å². The van der Waals surface area contributed by atoms with Crippen LogP contribution in [0, 0.1) is 0 Å². The van der Waals surface area contributed by atoms with Crippen molar-refractivity contribution in [2.75, 3.05) is 19.4 Å². The number of fused-ring (bicyclic) bond motifs is 1. The van der Waals surface area contributed by atoms with Gasteiger partial charge >= 0.3 is 0 Å². The van der Waals surface area contributed by atoms with E-state index in [0.29, 0.717) is 10.8 Å². The van der Waals surface area contributed by atoms with Crippen LogP contribution in [0.4, 0.5) is 0 Å². The molecule has 1 aliphatic heterocycles. The predicted octanol–water partition coefficient (Wildman–Crippen LogP) is 3.56. The third-order valence-electron chi connectivity index (χ3n) is 4.44. The number of rotatable bonds is 6. The van der Waals surface area contributed by atoms with Gasteiger partial charge in [-0.15, -0.1) is 0 Å². The summed E-state index contributed by atoms with van der Waals surface area (Å²) in [5, 5.41) is 3.77. The van der Waals surface area contributed by atoms with Gasteiger partial charge in [0.05, 0.1) is 6.61 Å². The number of benzene rings is 1. The van der Waals surface area contributed by atoms with E-state index in [9.17, 15) is 0 Å². The lowest BCUT2D eigenvalue weighted by Gasteiger charge is -2.21. The third-order valence-corrected chi connectivity index (χ3v) is 5.85. The van der Waals surface area contributed by atoms with Gasteiger partial charge in [-0.3, -0.25) is 0 Å². The van der Waals surface area contributed by atoms with Crippen LogP contribution in [0.3, 0.4) is 0 Å². The highest BCUT2D eigenvalue weighted by atomic mass is 32.2. The molecule has 1 fully saturated rings. The van der Waals surface area contributed by atoms with Crippen LogP contribution in [0.2, 0.25) is 0 Å². The number of hydrogen-bond acceptors (Lipinski definition) is 3. The van der Waals surface area contributed by atoms with Gasteiger partial charge in [0, 0.05) is 23.8 Å². The summed E-state index contributed by atoms with van der Waals surface area (Å²) in [6.07, 6.45) is 7.19. The van der Waals surface area contributed by atoms with Crippen molar-refractivity contribution in [3.8, 4) is 5.75 Å². The van der Waals surface area contributed by atoms with Crippen LogP contribution in [0.5, 0.6) is 5.75 Å². The summed E-state index contributed by atoms with van der Waals surface area (Å²) < 4.78 is 6.12. The molecule has 1 atom stereocenters. The van der Waals surface area contributed by atoms with Crippen LogP contribution in [0.1, 0.15) is 43.4 Å². The molecule has 2 aliphatic rings. The first-order valence-electron chi connectivity index (χ1n) is 7.30. The summed E-state index contributed by atoms with van der Waals surface area (Å²) in [5.74, 6) is 1.08. The second kappa shape index (κ2) is 5.37. The largest absolute Gasteiger partial charge is 0.493 e. The number of hydrogen-bond donors (Lipinski definition) is 1. The molecule has 0 radical (unpaired) electrons. The molecule has 1 N–H and O–H groups in total. The fourth-order valence-corrected chi connectivity index (χ4v) is 3.56. The zero-order valence-corrected chi connectivity index (χ0v) is 12.7. The van der Waals surface area contributed by atoms with Gasteiger partial charge in [0.25, 0.3) is 0 Å². The molecular weight excluding hydrogens is 254 g/mol. The molecule has 1 aromatic rings. The van der Waals surface area contributed by atoms with Crippen molar-refractivity contribution < 1.29 is 4.74 Å². The van der Waals surface area contributed by atoms with Crippen molar-refractivity contribution in [1.29, 1.82) is 0 Å². The first-order chi connectivity index (χ1) is 9.26. The van der Waals surface area contributed by atoms with Crippen molar-refractivity contribution in [2.45, 2.75) is 43.4 Å². The van der Waals surface area contributed by atoms with Gasteiger partial charge in [0.1, 0.15) is 5.75 Å². The fourth-order valence-electron chi connectivity index (χ4n) is 2.82. The molecule has 1 aromatic carbocycles. The number of thioether (sulfide) groups is 1. The van der Waals surface area contributed by atoms with E-state index < -0.39 is 0 Å². The average Bonchev–Trinajstić information content (AvgIpc) is 3.08. The molecule has 104 valence electrons. The van der Waals surface area contributed by atoms with Crippen LogP contribution in [-0.2, 0) is 6.42 Å². The molecule has 0 spiro atoms. The van der Waals surface area contributed by atoms with Crippen LogP contribution in [0.25, 0.3) is 0 Å². The SMILES string of the molecule is CCC(NCC1(SC)CC1)c1ccc2c(c1)CCO2. The lowest BCUT2D eigenvalue weighted by Crippen LogP contribution is -2.29. The lowest BCUT2D eigenvalue weighted by atomic mass is 10.0. The first-order valence-corrected chi connectivity index (χ1v) is 8.53. The lowest BCUT2D eigenvalue weighted by molar-refractivity contribution is 0.356. The molecule has 0 amide bonds. The summed E-state index contributed by atoms with van der Waals surface area (Å²) in [4.78, 5) is 0. The number of ether oxygens (including phenoxy) is 1. The van der Waals surface area contributed by atoms with Crippen molar-refractivity contribution in [3.05, 3.63) is 29.3 Å². The van der Waals surface area contributed by atoms with E-state index in [1.54, 1.807) is 0 Å². The first kappa shape index (κ1) is 13.3. The highest BCUT2D eigenvalue weighted by Crippen LogP contribution is 2.46. The Morgan fingerprint density at radius 2 is 2.26 bits per heavy atom. The Morgan fingerprint density at radius 3 is 2.95 bits per heavy atom. The van der Waals surface area contributed by atoms with Gasteiger partial charge in [-0.1, -0.05) is 19.1 Å². The van der Waals surface area contributed by atoms with E-state index in [-0.39, 0.29) is 0 Å². The molecule has 19 heavy (non-hydrogen) atoms. The van der Waals surface area contributed by atoms with Gasteiger partial charge in [-0.05, 0) is 42.7 Å². The maximum Gasteiger partial charge on any atom is 0.122 e. The Hall–Kier alpha value is -0.670.